The Morgan fingerprint density at radius 1 is 1.43 bits per heavy atom. The minimum absolute atomic E-state index is 0.154. The van der Waals surface area contributed by atoms with Gasteiger partial charge in [0.25, 0.3) is 5.56 Å². The van der Waals surface area contributed by atoms with Gasteiger partial charge in [-0.2, -0.15) is 0 Å². The molecule has 0 unspecified atom stereocenters. The number of thiophene rings is 1. The van der Waals surface area contributed by atoms with Crippen LogP contribution in [0.5, 0.6) is 0 Å². The second kappa shape index (κ2) is 6.25. The molecule has 0 aliphatic carbocycles. The SMILES string of the molecule is COC(=O)c1sc2ncn(Cc3cccc(Br)c3)c(=O)c2c1C. The van der Waals surface area contributed by atoms with Gasteiger partial charge in [0, 0.05) is 4.47 Å². The van der Waals surface area contributed by atoms with Crippen LogP contribution in [0, 0.1) is 6.92 Å². The average molecular weight is 393 g/mol. The van der Waals surface area contributed by atoms with Gasteiger partial charge in [0.15, 0.2) is 0 Å². The van der Waals surface area contributed by atoms with Gasteiger partial charge < -0.3 is 4.74 Å². The van der Waals surface area contributed by atoms with E-state index in [2.05, 4.69) is 20.9 Å². The Morgan fingerprint density at radius 2 is 2.22 bits per heavy atom. The summed E-state index contributed by atoms with van der Waals surface area (Å²) in [6.07, 6.45) is 1.52. The van der Waals surface area contributed by atoms with Gasteiger partial charge in [-0.25, -0.2) is 9.78 Å². The van der Waals surface area contributed by atoms with E-state index in [1.165, 1.54) is 24.8 Å². The molecule has 3 aromatic rings. The summed E-state index contributed by atoms with van der Waals surface area (Å²) in [7, 11) is 1.32. The van der Waals surface area contributed by atoms with Crippen LogP contribution in [-0.4, -0.2) is 22.6 Å². The third-order valence-electron chi connectivity index (χ3n) is 3.53. The van der Waals surface area contributed by atoms with Gasteiger partial charge >= 0.3 is 5.97 Å². The van der Waals surface area contributed by atoms with Crippen molar-refractivity contribution in [1.82, 2.24) is 9.55 Å². The predicted molar refractivity (Wildman–Crippen MR) is 93.2 cm³/mol. The molecule has 0 aliphatic rings. The number of aromatic nitrogens is 2. The molecule has 5 nitrogen and oxygen atoms in total. The highest BCUT2D eigenvalue weighted by Crippen LogP contribution is 2.27. The van der Waals surface area contributed by atoms with Gasteiger partial charge in [-0.1, -0.05) is 28.1 Å². The molecule has 0 bridgehead atoms. The van der Waals surface area contributed by atoms with Crippen molar-refractivity contribution in [2.24, 2.45) is 0 Å². The highest BCUT2D eigenvalue weighted by molar-refractivity contribution is 9.10. The Morgan fingerprint density at radius 3 is 2.91 bits per heavy atom. The van der Waals surface area contributed by atoms with E-state index in [1.54, 1.807) is 11.5 Å². The predicted octanol–water partition coefficient (Wildman–Crippen LogP) is 3.36. The van der Waals surface area contributed by atoms with Crippen molar-refractivity contribution in [1.29, 1.82) is 0 Å². The molecule has 0 saturated heterocycles. The second-order valence-electron chi connectivity index (χ2n) is 5.04. The lowest BCUT2D eigenvalue weighted by Gasteiger charge is -2.06. The van der Waals surface area contributed by atoms with Gasteiger partial charge in [0.2, 0.25) is 0 Å². The van der Waals surface area contributed by atoms with Crippen LogP contribution in [0.25, 0.3) is 10.2 Å². The molecule has 118 valence electrons. The fourth-order valence-electron chi connectivity index (χ4n) is 2.39. The minimum Gasteiger partial charge on any atom is -0.465 e. The smallest absolute Gasteiger partial charge is 0.348 e. The van der Waals surface area contributed by atoms with Crippen molar-refractivity contribution in [3.63, 3.8) is 0 Å². The Bertz CT molecular complexity index is 962. The maximum Gasteiger partial charge on any atom is 0.348 e. The summed E-state index contributed by atoms with van der Waals surface area (Å²) in [5.41, 5.74) is 1.46. The number of halogens is 1. The van der Waals surface area contributed by atoms with Crippen LogP contribution < -0.4 is 5.56 Å². The molecule has 2 heterocycles. The van der Waals surface area contributed by atoms with Crippen molar-refractivity contribution in [3.05, 3.63) is 61.4 Å². The summed E-state index contributed by atoms with van der Waals surface area (Å²) >= 11 is 4.60. The fraction of sp³-hybridized carbons (Fsp3) is 0.188. The van der Waals surface area contributed by atoms with Crippen molar-refractivity contribution in [2.75, 3.05) is 7.11 Å². The summed E-state index contributed by atoms with van der Waals surface area (Å²) in [6.45, 7) is 2.17. The number of benzene rings is 1. The van der Waals surface area contributed by atoms with E-state index in [-0.39, 0.29) is 5.56 Å². The number of ether oxygens (including phenoxy) is 1. The van der Waals surface area contributed by atoms with Gasteiger partial charge in [0.05, 0.1) is 25.4 Å². The monoisotopic (exact) mass is 392 g/mol. The first kappa shape index (κ1) is 15.9. The van der Waals surface area contributed by atoms with Crippen LogP contribution in [0.1, 0.15) is 20.8 Å². The number of rotatable bonds is 3. The molecule has 7 heteroatoms. The van der Waals surface area contributed by atoms with E-state index in [1.807, 2.05) is 24.3 Å². The number of hydrogen-bond acceptors (Lipinski definition) is 5. The van der Waals surface area contributed by atoms with E-state index in [0.717, 1.165) is 10.0 Å². The first-order valence-electron chi connectivity index (χ1n) is 6.82. The fourth-order valence-corrected chi connectivity index (χ4v) is 3.90. The van der Waals surface area contributed by atoms with Crippen LogP contribution in [0.2, 0.25) is 0 Å². The lowest BCUT2D eigenvalue weighted by atomic mass is 10.2. The molecule has 0 radical (unpaired) electrons. The third-order valence-corrected chi connectivity index (χ3v) is 5.20. The zero-order valence-electron chi connectivity index (χ0n) is 12.5. The van der Waals surface area contributed by atoms with Gasteiger partial charge in [-0.3, -0.25) is 9.36 Å². The second-order valence-corrected chi connectivity index (χ2v) is 6.95. The van der Waals surface area contributed by atoms with E-state index in [0.29, 0.717) is 27.2 Å². The summed E-state index contributed by atoms with van der Waals surface area (Å²) < 4.78 is 7.26. The van der Waals surface area contributed by atoms with E-state index < -0.39 is 5.97 Å². The largest absolute Gasteiger partial charge is 0.465 e. The Hall–Kier alpha value is -1.99. The highest BCUT2D eigenvalue weighted by Gasteiger charge is 2.19. The highest BCUT2D eigenvalue weighted by atomic mass is 79.9. The number of esters is 1. The zero-order chi connectivity index (χ0) is 16.6. The molecule has 0 saturated carbocycles. The zero-order valence-corrected chi connectivity index (χ0v) is 14.9. The van der Waals surface area contributed by atoms with Crippen molar-refractivity contribution in [3.8, 4) is 0 Å². The molecule has 0 amide bonds. The number of carbonyl (C=O) groups is 1. The van der Waals surface area contributed by atoms with Gasteiger partial charge in [-0.05, 0) is 30.2 Å². The summed E-state index contributed by atoms with van der Waals surface area (Å²) in [5, 5.41) is 0.480. The summed E-state index contributed by atoms with van der Waals surface area (Å²) in [4.78, 5) is 29.8. The first-order chi connectivity index (χ1) is 11.0. The molecule has 1 aromatic carbocycles. The number of fused-ring (bicyclic) bond motifs is 1. The summed E-state index contributed by atoms with van der Waals surface area (Å²) in [6, 6.07) is 7.75. The van der Waals surface area contributed by atoms with Gasteiger partial charge in [0.1, 0.15) is 9.71 Å². The standard InChI is InChI=1S/C16H13BrN2O3S/c1-9-12-14(23-13(9)16(21)22-2)18-8-19(15(12)20)7-10-4-3-5-11(17)6-10/h3-6,8H,7H2,1-2H3. The van der Waals surface area contributed by atoms with E-state index in [9.17, 15) is 9.59 Å². The Balaban J connectivity index is 2.10. The topological polar surface area (TPSA) is 61.2 Å². The van der Waals surface area contributed by atoms with Crippen LogP contribution >= 0.6 is 27.3 Å². The molecule has 0 atom stereocenters. The van der Waals surface area contributed by atoms with Crippen molar-refractivity contribution >= 4 is 43.5 Å². The molecule has 0 aliphatic heterocycles. The molecule has 3 rings (SSSR count). The lowest BCUT2D eigenvalue weighted by molar-refractivity contribution is 0.0605. The maximum atomic E-state index is 12.7. The minimum atomic E-state index is -0.441. The average Bonchev–Trinajstić information content (AvgIpc) is 2.87. The van der Waals surface area contributed by atoms with Crippen LogP contribution in [0.15, 0.2) is 39.9 Å². The van der Waals surface area contributed by atoms with Crippen molar-refractivity contribution < 1.29 is 9.53 Å². The molecule has 23 heavy (non-hydrogen) atoms. The van der Waals surface area contributed by atoms with E-state index >= 15 is 0 Å². The van der Waals surface area contributed by atoms with Crippen LogP contribution in [0.3, 0.4) is 0 Å². The Kier molecular flexibility index (Phi) is 4.32. The third kappa shape index (κ3) is 2.94. The normalized spacial score (nSPS) is 10.9. The van der Waals surface area contributed by atoms with Crippen LogP contribution in [-0.2, 0) is 11.3 Å². The van der Waals surface area contributed by atoms with Crippen molar-refractivity contribution in [2.45, 2.75) is 13.5 Å². The number of nitrogens with zero attached hydrogens (tertiary/aromatic N) is 2. The number of hydrogen-bond donors (Lipinski definition) is 0. The van der Waals surface area contributed by atoms with Crippen LogP contribution in [0.4, 0.5) is 0 Å². The Labute approximate surface area is 144 Å². The first-order valence-corrected chi connectivity index (χ1v) is 8.43. The number of carbonyl (C=O) groups excluding carboxylic acids is 1. The molecule has 0 fully saturated rings. The maximum absolute atomic E-state index is 12.7. The summed E-state index contributed by atoms with van der Waals surface area (Å²) in [5.74, 6) is -0.441. The van der Waals surface area contributed by atoms with Gasteiger partial charge in [-0.15, -0.1) is 11.3 Å². The molecule has 2 aromatic heterocycles. The van der Waals surface area contributed by atoms with E-state index in [4.69, 9.17) is 4.74 Å². The molecular weight excluding hydrogens is 380 g/mol. The lowest BCUT2D eigenvalue weighted by Crippen LogP contribution is -2.21. The molecule has 0 spiro atoms. The molecular formula is C16H13BrN2O3S. The number of aryl methyl sites for hydroxylation is 1. The molecule has 0 N–H and O–H groups in total. The quantitative estimate of drug-likeness (QED) is 0.641. The number of methoxy groups -OCH3 is 1.